The third-order valence-corrected chi connectivity index (χ3v) is 4.17. The number of rotatable bonds is 7. The first kappa shape index (κ1) is 18.9. The van der Waals surface area contributed by atoms with Crippen molar-refractivity contribution >= 4 is 11.6 Å². The first-order valence-corrected chi connectivity index (χ1v) is 9.06. The van der Waals surface area contributed by atoms with Crippen molar-refractivity contribution < 1.29 is 4.74 Å². The summed E-state index contributed by atoms with van der Waals surface area (Å²) in [6, 6.07) is 9.07. The van der Waals surface area contributed by atoms with Crippen LogP contribution in [-0.2, 0) is 6.54 Å². The number of hydrogen-bond acceptors (Lipinski definition) is 4. The van der Waals surface area contributed by atoms with Crippen LogP contribution >= 0.6 is 11.6 Å². The number of halogens is 1. The van der Waals surface area contributed by atoms with Gasteiger partial charge in [-0.15, -0.1) is 11.7 Å². The van der Waals surface area contributed by atoms with Crippen LogP contribution in [0.3, 0.4) is 0 Å². The summed E-state index contributed by atoms with van der Waals surface area (Å²) in [5, 5.41) is 4.93. The lowest BCUT2D eigenvalue weighted by Gasteiger charge is -2.11. The van der Waals surface area contributed by atoms with Crippen molar-refractivity contribution in [3.05, 3.63) is 70.9 Å². The van der Waals surface area contributed by atoms with E-state index in [0.717, 1.165) is 5.75 Å². The maximum Gasteiger partial charge on any atom is 0.350 e. The zero-order valence-corrected chi connectivity index (χ0v) is 16.1. The molecule has 7 heteroatoms. The summed E-state index contributed by atoms with van der Waals surface area (Å²) in [5.41, 5.74) is 1.09. The monoisotopic (exact) mass is 384 g/mol. The minimum Gasteiger partial charge on any atom is -0.491 e. The standard InChI is InChI=1S/C20H21ClN4O2/c1-4-5-12-24-20(26)25(15-6-8-16(9-7-15)27-14(2)3)19(23-24)17-10-11-22-13-18(17)21/h4,6-11,13-14H,1,5,12H2,2-3H3. The van der Waals surface area contributed by atoms with Gasteiger partial charge < -0.3 is 4.74 Å². The predicted molar refractivity (Wildman–Crippen MR) is 107 cm³/mol. The maximum absolute atomic E-state index is 13.0. The van der Waals surface area contributed by atoms with Crippen molar-refractivity contribution in [2.45, 2.75) is 32.9 Å². The van der Waals surface area contributed by atoms with Crippen molar-refractivity contribution in [1.82, 2.24) is 19.3 Å². The maximum atomic E-state index is 13.0. The molecule has 3 rings (SSSR count). The van der Waals surface area contributed by atoms with Crippen LogP contribution in [-0.4, -0.2) is 25.4 Å². The average molecular weight is 385 g/mol. The van der Waals surface area contributed by atoms with Gasteiger partial charge in [0.05, 0.1) is 16.8 Å². The third-order valence-electron chi connectivity index (χ3n) is 3.86. The molecule has 2 heterocycles. The fourth-order valence-electron chi connectivity index (χ4n) is 2.68. The molecule has 6 nitrogen and oxygen atoms in total. The van der Waals surface area contributed by atoms with E-state index in [1.165, 1.54) is 10.9 Å². The van der Waals surface area contributed by atoms with Gasteiger partial charge in [-0.25, -0.2) is 14.0 Å². The fourth-order valence-corrected chi connectivity index (χ4v) is 2.88. The Hall–Kier alpha value is -2.86. The Balaban J connectivity index is 2.12. The molecule has 0 aliphatic carbocycles. The second kappa shape index (κ2) is 8.22. The zero-order chi connectivity index (χ0) is 19.4. The molecule has 0 aliphatic rings. The van der Waals surface area contributed by atoms with Gasteiger partial charge in [-0.1, -0.05) is 17.7 Å². The van der Waals surface area contributed by atoms with E-state index in [4.69, 9.17) is 16.3 Å². The largest absolute Gasteiger partial charge is 0.491 e. The molecule has 0 bridgehead atoms. The summed E-state index contributed by atoms with van der Waals surface area (Å²) < 4.78 is 8.65. The van der Waals surface area contributed by atoms with E-state index >= 15 is 0 Å². The van der Waals surface area contributed by atoms with Crippen molar-refractivity contribution in [2.24, 2.45) is 0 Å². The molecule has 0 aliphatic heterocycles. The molecule has 3 aromatic rings. The number of benzene rings is 1. The molecule has 0 unspecified atom stereocenters. The van der Waals surface area contributed by atoms with E-state index in [0.29, 0.717) is 35.1 Å². The van der Waals surface area contributed by atoms with Gasteiger partial charge in [0, 0.05) is 24.5 Å². The summed E-state index contributed by atoms with van der Waals surface area (Å²) in [5.74, 6) is 1.21. The van der Waals surface area contributed by atoms with Crippen LogP contribution in [0.4, 0.5) is 0 Å². The van der Waals surface area contributed by atoms with Gasteiger partial charge in [-0.2, -0.15) is 0 Å². The van der Waals surface area contributed by atoms with Gasteiger partial charge in [0.1, 0.15) is 5.75 Å². The molecule has 0 saturated carbocycles. The number of hydrogen-bond donors (Lipinski definition) is 0. The molecule has 0 radical (unpaired) electrons. The predicted octanol–water partition coefficient (Wildman–Crippen LogP) is 4.11. The quantitative estimate of drug-likeness (QED) is 0.575. The van der Waals surface area contributed by atoms with E-state index in [1.807, 2.05) is 38.1 Å². The molecule has 0 N–H and O–H groups in total. The van der Waals surface area contributed by atoms with Gasteiger partial charge >= 0.3 is 5.69 Å². The van der Waals surface area contributed by atoms with Crippen LogP contribution in [0.2, 0.25) is 5.02 Å². The van der Waals surface area contributed by atoms with Crippen molar-refractivity contribution in [3.63, 3.8) is 0 Å². The summed E-state index contributed by atoms with van der Waals surface area (Å²) in [6.45, 7) is 8.08. The van der Waals surface area contributed by atoms with Gasteiger partial charge in [-0.05, 0) is 50.6 Å². The van der Waals surface area contributed by atoms with Crippen molar-refractivity contribution in [1.29, 1.82) is 0 Å². The van der Waals surface area contributed by atoms with E-state index in [9.17, 15) is 4.79 Å². The Labute approximate surface area is 162 Å². The highest BCUT2D eigenvalue weighted by atomic mass is 35.5. The SMILES string of the molecule is C=CCCn1nc(-c2ccncc2Cl)n(-c2ccc(OC(C)C)cc2)c1=O. The lowest BCUT2D eigenvalue weighted by Crippen LogP contribution is -2.24. The second-order valence-electron chi connectivity index (χ2n) is 6.26. The van der Waals surface area contributed by atoms with E-state index in [1.54, 1.807) is 22.9 Å². The molecule has 140 valence electrons. The number of nitrogens with zero attached hydrogens (tertiary/aromatic N) is 4. The van der Waals surface area contributed by atoms with Crippen LogP contribution in [0.15, 0.2) is 60.2 Å². The molecular weight excluding hydrogens is 364 g/mol. The normalized spacial score (nSPS) is 11.0. The Morgan fingerprint density at radius 3 is 2.63 bits per heavy atom. The molecule has 0 fully saturated rings. The van der Waals surface area contributed by atoms with Crippen LogP contribution in [0.1, 0.15) is 20.3 Å². The highest BCUT2D eigenvalue weighted by Crippen LogP contribution is 2.27. The van der Waals surface area contributed by atoms with Gasteiger partial charge in [0.25, 0.3) is 0 Å². The fraction of sp³-hybridized carbons (Fsp3) is 0.250. The molecular formula is C20H21ClN4O2. The van der Waals surface area contributed by atoms with E-state index in [2.05, 4.69) is 16.7 Å². The molecule has 0 amide bonds. The summed E-state index contributed by atoms with van der Waals surface area (Å²) in [7, 11) is 0. The Morgan fingerprint density at radius 1 is 1.26 bits per heavy atom. The average Bonchev–Trinajstić information content (AvgIpc) is 2.97. The van der Waals surface area contributed by atoms with Crippen LogP contribution in [0, 0.1) is 0 Å². The Kier molecular flexibility index (Phi) is 5.76. The second-order valence-corrected chi connectivity index (χ2v) is 6.67. The summed E-state index contributed by atoms with van der Waals surface area (Å²) in [6.07, 6.45) is 5.63. The lowest BCUT2D eigenvalue weighted by molar-refractivity contribution is 0.242. The number of pyridine rings is 1. The van der Waals surface area contributed by atoms with E-state index in [-0.39, 0.29) is 11.8 Å². The van der Waals surface area contributed by atoms with Crippen LogP contribution < -0.4 is 10.4 Å². The molecule has 27 heavy (non-hydrogen) atoms. The third kappa shape index (κ3) is 4.11. The van der Waals surface area contributed by atoms with Crippen molar-refractivity contribution in [3.8, 4) is 22.8 Å². The Bertz CT molecular complexity index is 990. The van der Waals surface area contributed by atoms with Gasteiger partial charge in [0.2, 0.25) is 0 Å². The summed E-state index contributed by atoms with van der Waals surface area (Å²) >= 11 is 6.30. The van der Waals surface area contributed by atoms with Crippen LogP contribution in [0.5, 0.6) is 5.75 Å². The molecule has 0 spiro atoms. The molecule has 0 saturated heterocycles. The van der Waals surface area contributed by atoms with Gasteiger partial charge in [0.15, 0.2) is 5.82 Å². The van der Waals surface area contributed by atoms with Gasteiger partial charge in [-0.3, -0.25) is 4.98 Å². The smallest absolute Gasteiger partial charge is 0.350 e. The number of aromatic nitrogens is 4. The van der Waals surface area contributed by atoms with E-state index < -0.39 is 0 Å². The number of aryl methyl sites for hydroxylation is 1. The lowest BCUT2D eigenvalue weighted by atomic mass is 10.2. The minimum atomic E-state index is -0.239. The topological polar surface area (TPSA) is 61.9 Å². The minimum absolute atomic E-state index is 0.0754. The zero-order valence-electron chi connectivity index (χ0n) is 15.3. The first-order chi connectivity index (χ1) is 13.0. The summed E-state index contributed by atoms with van der Waals surface area (Å²) in [4.78, 5) is 17.0. The van der Waals surface area contributed by atoms with Crippen molar-refractivity contribution in [2.75, 3.05) is 0 Å². The molecule has 0 atom stereocenters. The molecule has 1 aromatic carbocycles. The molecule has 2 aromatic heterocycles. The first-order valence-electron chi connectivity index (χ1n) is 8.69. The van der Waals surface area contributed by atoms with Crippen LogP contribution in [0.25, 0.3) is 17.1 Å². The number of ether oxygens (including phenoxy) is 1. The highest BCUT2D eigenvalue weighted by Gasteiger charge is 2.18. The Morgan fingerprint density at radius 2 is 2.00 bits per heavy atom. The number of allylic oxidation sites excluding steroid dienone is 1. The highest BCUT2D eigenvalue weighted by molar-refractivity contribution is 6.33.